The van der Waals surface area contributed by atoms with Gasteiger partial charge in [-0.2, -0.15) is 0 Å². The van der Waals surface area contributed by atoms with Crippen LogP contribution in [0.1, 0.15) is 38.7 Å². The Morgan fingerprint density at radius 2 is 2.06 bits per heavy atom. The Kier molecular flexibility index (Phi) is 6.63. The summed E-state index contributed by atoms with van der Waals surface area (Å²) >= 11 is 0. The molecule has 3 heteroatoms. The summed E-state index contributed by atoms with van der Waals surface area (Å²) in [4.78, 5) is 6.74. The maximum atomic E-state index is 4.38. The van der Waals surface area contributed by atoms with Crippen LogP contribution in [0.3, 0.4) is 0 Å². The first kappa shape index (κ1) is 14.0. The highest BCUT2D eigenvalue weighted by atomic mass is 15.1. The minimum Gasteiger partial charge on any atom is -0.370 e. The van der Waals surface area contributed by atoms with Crippen molar-refractivity contribution >= 4 is 5.82 Å². The van der Waals surface area contributed by atoms with Gasteiger partial charge < -0.3 is 10.2 Å². The molecule has 1 rings (SSSR count). The van der Waals surface area contributed by atoms with Gasteiger partial charge in [-0.25, -0.2) is 4.98 Å². The van der Waals surface area contributed by atoms with E-state index in [4.69, 9.17) is 0 Å². The van der Waals surface area contributed by atoms with Gasteiger partial charge in [0.25, 0.3) is 0 Å². The molecule has 0 radical (unpaired) electrons. The van der Waals surface area contributed by atoms with Crippen LogP contribution in [0.15, 0.2) is 18.3 Å². The smallest absolute Gasteiger partial charge is 0.125 e. The third-order valence-corrected chi connectivity index (χ3v) is 2.78. The summed E-state index contributed by atoms with van der Waals surface area (Å²) in [5, 5.41) is 3.21. The number of hydrogen-bond acceptors (Lipinski definition) is 3. The second kappa shape index (κ2) is 8.07. The molecule has 0 saturated carbocycles. The summed E-state index contributed by atoms with van der Waals surface area (Å²) < 4.78 is 0. The molecule has 0 unspecified atom stereocenters. The standard InChI is InChI=1S/C14H25N3/c1-4-6-7-10-17(3)12-13-8-9-14(15-5-2)16-11-13/h8-9,11H,4-7,10,12H2,1-3H3,(H,15,16). The molecule has 1 aromatic rings. The molecule has 0 spiro atoms. The van der Waals surface area contributed by atoms with E-state index in [-0.39, 0.29) is 0 Å². The van der Waals surface area contributed by atoms with Crippen LogP contribution in [0.2, 0.25) is 0 Å². The van der Waals surface area contributed by atoms with Crippen molar-refractivity contribution in [2.75, 3.05) is 25.5 Å². The molecule has 0 bridgehead atoms. The van der Waals surface area contributed by atoms with Crippen LogP contribution in [0, 0.1) is 0 Å². The molecule has 0 aliphatic rings. The molecular weight excluding hydrogens is 210 g/mol. The van der Waals surface area contributed by atoms with E-state index in [9.17, 15) is 0 Å². The average Bonchev–Trinajstić information content (AvgIpc) is 2.32. The fourth-order valence-corrected chi connectivity index (χ4v) is 1.83. The first-order valence-electron chi connectivity index (χ1n) is 6.63. The van der Waals surface area contributed by atoms with Crippen LogP contribution in [0.25, 0.3) is 0 Å². The number of rotatable bonds is 8. The van der Waals surface area contributed by atoms with E-state index in [0.29, 0.717) is 0 Å². The van der Waals surface area contributed by atoms with Crippen molar-refractivity contribution in [3.05, 3.63) is 23.9 Å². The number of anilines is 1. The molecule has 0 atom stereocenters. The molecule has 0 aliphatic heterocycles. The lowest BCUT2D eigenvalue weighted by Gasteiger charge is -2.16. The SMILES string of the molecule is CCCCCN(C)Cc1ccc(NCC)nc1. The number of pyridine rings is 1. The van der Waals surface area contributed by atoms with Gasteiger partial charge in [-0.3, -0.25) is 0 Å². The monoisotopic (exact) mass is 235 g/mol. The fraction of sp³-hybridized carbons (Fsp3) is 0.643. The van der Waals surface area contributed by atoms with Crippen molar-refractivity contribution in [2.24, 2.45) is 0 Å². The van der Waals surface area contributed by atoms with Gasteiger partial charge >= 0.3 is 0 Å². The number of aromatic nitrogens is 1. The minimum atomic E-state index is 0.920. The van der Waals surface area contributed by atoms with Crippen LogP contribution in [0.4, 0.5) is 5.82 Å². The maximum absolute atomic E-state index is 4.38. The lowest BCUT2D eigenvalue weighted by molar-refractivity contribution is 0.318. The van der Waals surface area contributed by atoms with Crippen LogP contribution in [-0.2, 0) is 6.54 Å². The summed E-state index contributed by atoms with van der Waals surface area (Å²) in [6, 6.07) is 4.21. The van der Waals surface area contributed by atoms with E-state index in [0.717, 1.165) is 18.9 Å². The van der Waals surface area contributed by atoms with E-state index >= 15 is 0 Å². The molecule has 3 nitrogen and oxygen atoms in total. The van der Waals surface area contributed by atoms with E-state index in [1.807, 2.05) is 6.20 Å². The van der Waals surface area contributed by atoms with Gasteiger partial charge in [0.2, 0.25) is 0 Å². The van der Waals surface area contributed by atoms with Crippen LogP contribution in [-0.4, -0.2) is 30.0 Å². The Morgan fingerprint density at radius 3 is 2.65 bits per heavy atom. The quantitative estimate of drug-likeness (QED) is 0.702. The molecule has 1 aromatic heterocycles. The first-order chi connectivity index (χ1) is 8.26. The van der Waals surface area contributed by atoms with E-state index < -0.39 is 0 Å². The molecule has 17 heavy (non-hydrogen) atoms. The van der Waals surface area contributed by atoms with E-state index in [2.05, 4.69) is 48.2 Å². The van der Waals surface area contributed by atoms with Gasteiger partial charge in [-0.15, -0.1) is 0 Å². The maximum Gasteiger partial charge on any atom is 0.125 e. The van der Waals surface area contributed by atoms with Crippen molar-refractivity contribution in [2.45, 2.75) is 39.7 Å². The van der Waals surface area contributed by atoms with Crippen molar-refractivity contribution in [1.29, 1.82) is 0 Å². The van der Waals surface area contributed by atoms with Gasteiger partial charge in [0.05, 0.1) is 0 Å². The minimum absolute atomic E-state index is 0.920. The molecular formula is C14H25N3. The average molecular weight is 235 g/mol. The highest BCUT2D eigenvalue weighted by Gasteiger charge is 2.00. The summed E-state index contributed by atoms with van der Waals surface area (Å²) in [6.45, 7) is 7.40. The highest BCUT2D eigenvalue weighted by molar-refractivity contribution is 5.35. The van der Waals surface area contributed by atoms with Crippen molar-refractivity contribution in [3.8, 4) is 0 Å². The summed E-state index contributed by atoms with van der Waals surface area (Å²) in [5.74, 6) is 0.963. The summed E-state index contributed by atoms with van der Waals surface area (Å²) in [7, 11) is 2.17. The fourth-order valence-electron chi connectivity index (χ4n) is 1.83. The third kappa shape index (κ3) is 5.68. The van der Waals surface area contributed by atoms with Gasteiger partial charge in [0.1, 0.15) is 5.82 Å². The highest BCUT2D eigenvalue weighted by Crippen LogP contribution is 2.07. The number of nitrogens with zero attached hydrogens (tertiary/aromatic N) is 2. The van der Waals surface area contributed by atoms with Crippen LogP contribution < -0.4 is 5.32 Å². The first-order valence-corrected chi connectivity index (χ1v) is 6.63. The number of unbranched alkanes of at least 4 members (excludes halogenated alkanes) is 2. The molecule has 0 amide bonds. The summed E-state index contributed by atoms with van der Waals surface area (Å²) in [5.41, 5.74) is 1.28. The van der Waals surface area contributed by atoms with Crippen molar-refractivity contribution in [1.82, 2.24) is 9.88 Å². The lowest BCUT2D eigenvalue weighted by Crippen LogP contribution is -2.19. The Hall–Kier alpha value is -1.09. The van der Waals surface area contributed by atoms with Crippen molar-refractivity contribution in [3.63, 3.8) is 0 Å². The molecule has 0 aromatic carbocycles. The predicted molar refractivity (Wildman–Crippen MR) is 74.3 cm³/mol. The largest absolute Gasteiger partial charge is 0.370 e. The predicted octanol–water partition coefficient (Wildman–Crippen LogP) is 3.14. The number of nitrogens with one attached hydrogen (secondary N) is 1. The lowest BCUT2D eigenvalue weighted by atomic mass is 10.2. The zero-order valence-corrected chi connectivity index (χ0v) is 11.4. The van der Waals surface area contributed by atoms with Crippen molar-refractivity contribution < 1.29 is 0 Å². The number of hydrogen-bond donors (Lipinski definition) is 1. The molecule has 96 valence electrons. The van der Waals surface area contributed by atoms with Gasteiger partial charge in [-0.05, 0) is 38.6 Å². The zero-order chi connectivity index (χ0) is 12.5. The van der Waals surface area contributed by atoms with E-state index in [1.165, 1.54) is 31.4 Å². The third-order valence-electron chi connectivity index (χ3n) is 2.78. The Balaban J connectivity index is 2.34. The zero-order valence-electron chi connectivity index (χ0n) is 11.4. The Bertz CT molecular complexity index is 295. The van der Waals surface area contributed by atoms with Crippen LogP contribution in [0.5, 0.6) is 0 Å². The topological polar surface area (TPSA) is 28.2 Å². The van der Waals surface area contributed by atoms with Gasteiger partial charge in [0.15, 0.2) is 0 Å². The molecule has 1 N–H and O–H groups in total. The Morgan fingerprint density at radius 1 is 1.24 bits per heavy atom. The summed E-state index contributed by atoms with van der Waals surface area (Å²) in [6.07, 6.45) is 5.86. The molecule has 0 fully saturated rings. The molecule has 0 aliphatic carbocycles. The normalized spacial score (nSPS) is 10.8. The molecule has 0 saturated heterocycles. The molecule has 1 heterocycles. The second-order valence-corrected chi connectivity index (χ2v) is 4.53. The van der Waals surface area contributed by atoms with Crippen LogP contribution >= 0.6 is 0 Å². The second-order valence-electron chi connectivity index (χ2n) is 4.53. The van der Waals surface area contributed by atoms with Gasteiger partial charge in [0, 0.05) is 19.3 Å². The van der Waals surface area contributed by atoms with Gasteiger partial charge in [-0.1, -0.05) is 25.8 Å². The van der Waals surface area contributed by atoms with E-state index in [1.54, 1.807) is 0 Å². The Labute approximate surface area is 105 Å².